The molecule has 7 nitrogen and oxygen atoms in total. The number of ether oxygens (including phenoxy) is 4. The van der Waals surface area contributed by atoms with Crippen LogP contribution in [-0.4, -0.2) is 31.1 Å². The zero-order valence-electron chi connectivity index (χ0n) is 25.2. The summed E-state index contributed by atoms with van der Waals surface area (Å²) in [7, 11) is 0. The number of hydrogen-bond acceptors (Lipinski definition) is 7. The quantitative estimate of drug-likeness (QED) is 0.0642. The summed E-state index contributed by atoms with van der Waals surface area (Å²) in [6, 6.07) is 15.2. The van der Waals surface area contributed by atoms with Gasteiger partial charge in [-0.2, -0.15) is 13.2 Å². The van der Waals surface area contributed by atoms with Gasteiger partial charge in [-0.05, 0) is 85.8 Å². The van der Waals surface area contributed by atoms with Crippen LogP contribution >= 0.6 is 0 Å². The summed E-state index contributed by atoms with van der Waals surface area (Å²) in [5.74, 6) is -2.59. The van der Waals surface area contributed by atoms with Crippen LogP contribution in [0, 0.1) is 0 Å². The van der Waals surface area contributed by atoms with Gasteiger partial charge in [0.2, 0.25) is 0 Å². The molecule has 0 bridgehead atoms. The highest BCUT2D eigenvalue weighted by Gasteiger charge is 2.36. The van der Waals surface area contributed by atoms with Crippen molar-refractivity contribution >= 4 is 17.9 Å². The van der Waals surface area contributed by atoms with Crippen molar-refractivity contribution in [3.05, 3.63) is 102 Å². The number of hydrogen-bond donors (Lipinski definition) is 0. The molecule has 45 heavy (non-hydrogen) atoms. The van der Waals surface area contributed by atoms with E-state index in [9.17, 15) is 27.6 Å². The van der Waals surface area contributed by atoms with Gasteiger partial charge in [0.05, 0.1) is 29.9 Å². The molecule has 10 heteroatoms. The number of alkyl halides is 3. The third kappa shape index (κ3) is 11.8. The maximum atomic E-state index is 13.9. The molecule has 240 valence electrons. The Morgan fingerprint density at radius 1 is 0.733 bits per heavy atom. The average Bonchev–Trinajstić information content (AvgIpc) is 3.03. The molecule has 0 saturated heterocycles. The third-order valence-corrected chi connectivity index (χ3v) is 6.73. The molecule has 0 aromatic heterocycles. The molecule has 0 amide bonds. The summed E-state index contributed by atoms with van der Waals surface area (Å²) in [4.78, 5) is 36.3. The van der Waals surface area contributed by atoms with Gasteiger partial charge in [-0.15, -0.1) is 0 Å². The second-order valence-electron chi connectivity index (χ2n) is 10.2. The van der Waals surface area contributed by atoms with Crippen LogP contribution in [-0.2, 0) is 22.1 Å². The SMILES string of the molecule is C=CC(=O)OCCCCOc1ccc(C(=O)Oc2ccc(C(=O)Oc3ccc(CCCCCCC)cc3)cc2C(F)(F)F)cc1. The highest BCUT2D eigenvalue weighted by molar-refractivity contribution is 5.93. The molecule has 0 saturated carbocycles. The predicted octanol–water partition coefficient (Wildman–Crippen LogP) is 8.54. The summed E-state index contributed by atoms with van der Waals surface area (Å²) in [6.07, 6.45) is 4.00. The summed E-state index contributed by atoms with van der Waals surface area (Å²) >= 11 is 0. The fourth-order valence-corrected chi connectivity index (χ4v) is 4.26. The van der Waals surface area contributed by atoms with Crippen molar-refractivity contribution in [2.45, 2.75) is 64.5 Å². The lowest BCUT2D eigenvalue weighted by atomic mass is 10.1. The maximum Gasteiger partial charge on any atom is 0.420 e. The molecule has 0 N–H and O–H groups in total. The van der Waals surface area contributed by atoms with Crippen LogP contribution in [0.1, 0.15) is 83.7 Å². The van der Waals surface area contributed by atoms with Crippen LogP contribution in [0.5, 0.6) is 17.2 Å². The Kier molecular flexibility index (Phi) is 13.7. The van der Waals surface area contributed by atoms with Crippen LogP contribution < -0.4 is 14.2 Å². The first-order valence-electron chi connectivity index (χ1n) is 14.9. The topological polar surface area (TPSA) is 88.1 Å². The Morgan fingerprint density at radius 3 is 2.02 bits per heavy atom. The number of esters is 3. The van der Waals surface area contributed by atoms with Gasteiger partial charge < -0.3 is 18.9 Å². The number of unbranched alkanes of at least 4 members (excludes halogenated alkanes) is 5. The molecule has 3 rings (SSSR count). The highest BCUT2D eigenvalue weighted by atomic mass is 19.4. The molecule has 0 heterocycles. The number of rotatable bonds is 17. The second kappa shape index (κ2) is 17.6. The van der Waals surface area contributed by atoms with Crippen molar-refractivity contribution < 1.29 is 46.5 Å². The number of halogens is 3. The van der Waals surface area contributed by atoms with Gasteiger partial charge in [0.1, 0.15) is 17.2 Å². The zero-order valence-corrected chi connectivity index (χ0v) is 25.2. The fourth-order valence-electron chi connectivity index (χ4n) is 4.26. The summed E-state index contributed by atoms with van der Waals surface area (Å²) in [6.45, 7) is 6.02. The van der Waals surface area contributed by atoms with E-state index in [4.69, 9.17) is 18.9 Å². The van der Waals surface area contributed by atoms with Gasteiger partial charge in [-0.25, -0.2) is 14.4 Å². The Labute approximate surface area is 260 Å². The van der Waals surface area contributed by atoms with Crippen molar-refractivity contribution in [2.75, 3.05) is 13.2 Å². The van der Waals surface area contributed by atoms with Crippen LogP contribution in [0.25, 0.3) is 0 Å². The lowest BCUT2D eigenvalue weighted by Crippen LogP contribution is -2.16. The minimum Gasteiger partial charge on any atom is -0.494 e. The highest BCUT2D eigenvalue weighted by Crippen LogP contribution is 2.37. The summed E-state index contributed by atoms with van der Waals surface area (Å²) in [5, 5.41) is 0. The smallest absolute Gasteiger partial charge is 0.420 e. The van der Waals surface area contributed by atoms with Crippen molar-refractivity contribution in [3.8, 4) is 17.2 Å². The molecule has 0 aliphatic carbocycles. The average molecular weight is 627 g/mol. The normalized spacial score (nSPS) is 11.0. The van der Waals surface area contributed by atoms with E-state index in [-0.39, 0.29) is 23.5 Å². The van der Waals surface area contributed by atoms with Crippen molar-refractivity contribution in [1.82, 2.24) is 0 Å². The van der Waals surface area contributed by atoms with Gasteiger partial charge in [0, 0.05) is 6.08 Å². The van der Waals surface area contributed by atoms with Crippen LogP contribution in [0.4, 0.5) is 13.2 Å². The number of carbonyl (C=O) groups is 3. The van der Waals surface area contributed by atoms with E-state index < -0.39 is 35.4 Å². The molecule has 0 aliphatic heterocycles. The first kappa shape index (κ1) is 34.9. The Hall–Kier alpha value is -4.60. The standard InChI is InChI=1S/C35H37F3O7/c1-3-5-6-7-8-11-25-12-17-29(18-13-25)44-34(41)27-16-21-31(30(24-27)35(36,37)38)45-33(40)26-14-19-28(20-15-26)42-22-9-10-23-43-32(39)4-2/h4,12-21,24H,2-3,5-11,22-23H2,1H3. The Morgan fingerprint density at radius 2 is 1.36 bits per heavy atom. The molecule has 3 aromatic carbocycles. The Bertz CT molecular complexity index is 1410. The van der Waals surface area contributed by atoms with Crippen LogP contribution in [0.2, 0.25) is 0 Å². The summed E-state index contributed by atoms with van der Waals surface area (Å²) < 4.78 is 62.5. The first-order valence-corrected chi connectivity index (χ1v) is 14.9. The Balaban J connectivity index is 1.57. The minimum absolute atomic E-state index is 0.000274. The molecule has 3 aromatic rings. The van der Waals surface area contributed by atoms with E-state index in [1.165, 1.54) is 43.5 Å². The van der Waals surface area contributed by atoms with Gasteiger partial charge in [-0.3, -0.25) is 0 Å². The van der Waals surface area contributed by atoms with E-state index in [0.717, 1.165) is 43.0 Å². The first-order chi connectivity index (χ1) is 21.6. The van der Waals surface area contributed by atoms with Crippen LogP contribution in [0.15, 0.2) is 79.4 Å². The van der Waals surface area contributed by atoms with Gasteiger partial charge >= 0.3 is 24.1 Å². The van der Waals surface area contributed by atoms with E-state index in [2.05, 4.69) is 13.5 Å². The molecular formula is C35H37F3O7. The number of benzene rings is 3. The predicted molar refractivity (Wildman–Crippen MR) is 163 cm³/mol. The lowest BCUT2D eigenvalue weighted by Gasteiger charge is -2.14. The largest absolute Gasteiger partial charge is 0.494 e. The van der Waals surface area contributed by atoms with Crippen molar-refractivity contribution in [1.29, 1.82) is 0 Å². The molecule has 0 atom stereocenters. The van der Waals surface area contributed by atoms with Gasteiger partial charge in [0.25, 0.3) is 0 Å². The monoisotopic (exact) mass is 626 g/mol. The van der Waals surface area contributed by atoms with E-state index in [0.29, 0.717) is 31.3 Å². The second-order valence-corrected chi connectivity index (χ2v) is 10.2. The molecule has 0 fully saturated rings. The maximum absolute atomic E-state index is 13.9. The molecular weight excluding hydrogens is 589 g/mol. The third-order valence-electron chi connectivity index (χ3n) is 6.73. The summed E-state index contributed by atoms with van der Waals surface area (Å²) in [5.41, 5.74) is -0.552. The van der Waals surface area contributed by atoms with E-state index in [1.807, 2.05) is 12.1 Å². The van der Waals surface area contributed by atoms with Crippen LogP contribution in [0.3, 0.4) is 0 Å². The zero-order chi connectivity index (χ0) is 32.7. The van der Waals surface area contributed by atoms with Crippen molar-refractivity contribution in [3.63, 3.8) is 0 Å². The number of carbonyl (C=O) groups excluding carboxylic acids is 3. The minimum atomic E-state index is -4.91. The lowest BCUT2D eigenvalue weighted by molar-refractivity contribution is -0.139. The fraction of sp³-hybridized carbons (Fsp3) is 0.343. The molecule has 0 unspecified atom stereocenters. The molecule has 0 radical (unpaired) electrons. The van der Waals surface area contributed by atoms with E-state index in [1.54, 1.807) is 12.1 Å². The molecule has 0 aliphatic rings. The molecule has 0 spiro atoms. The van der Waals surface area contributed by atoms with Gasteiger partial charge in [-0.1, -0.05) is 51.3 Å². The number of aryl methyl sites for hydroxylation is 1. The van der Waals surface area contributed by atoms with E-state index >= 15 is 0 Å². The van der Waals surface area contributed by atoms with Crippen molar-refractivity contribution in [2.24, 2.45) is 0 Å². The van der Waals surface area contributed by atoms with Gasteiger partial charge in [0.15, 0.2) is 0 Å².